The highest BCUT2D eigenvalue weighted by atomic mass is 35.7. The van der Waals surface area contributed by atoms with Crippen LogP contribution in [0.1, 0.15) is 24.8 Å². The molecule has 0 spiro atoms. The Morgan fingerprint density at radius 2 is 1.93 bits per heavy atom. The maximum atomic E-state index is 11.3. The Bertz CT molecular complexity index is 503. The van der Waals surface area contributed by atoms with Crippen LogP contribution < -0.4 is 0 Å². The summed E-state index contributed by atoms with van der Waals surface area (Å²) in [4.78, 5) is 0.222. The van der Waals surface area contributed by atoms with Crippen LogP contribution in [-0.2, 0) is 9.05 Å². The van der Waals surface area contributed by atoms with Crippen molar-refractivity contribution in [2.75, 3.05) is 0 Å². The van der Waals surface area contributed by atoms with E-state index in [0.717, 1.165) is 30.4 Å². The van der Waals surface area contributed by atoms with Crippen LogP contribution in [0, 0.1) is 0 Å². The highest BCUT2D eigenvalue weighted by Crippen LogP contribution is 2.32. The largest absolute Gasteiger partial charge is 0.261 e. The van der Waals surface area contributed by atoms with Gasteiger partial charge in [0.25, 0.3) is 9.05 Å². The minimum Gasteiger partial charge on any atom is -0.207 e. The molecule has 0 N–H and O–H groups in total. The normalized spacial score (nSPS) is 16.5. The van der Waals surface area contributed by atoms with Crippen LogP contribution >= 0.6 is 10.7 Å². The molecule has 0 bridgehead atoms. The third-order valence-electron chi connectivity index (χ3n) is 2.54. The fraction of sp³-hybridized carbons (Fsp3) is 0.273. The summed E-state index contributed by atoms with van der Waals surface area (Å²) >= 11 is 0. The maximum Gasteiger partial charge on any atom is 0.261 e. The molecule has 1 aromatic rings. The Morgan fingerprint density at radius 1 is 1.20 bits per heavy atom. The average molecular weight is 243 g/mol. The molecule has 0 unspecified atom stereocenters. The number of halogens is 1. The van der Waals surface area contributed by atoms with E-state index in [-0.39, 0.29) is 4.90 Å². The van der Waals surface area contributed by atoms with Gasteiger partial charge < -0.3 is 0 Å². The second-order valence-electron chi connectivity index (χ2n) is 3.56. The van der Waals surface area contributed by atoms with Crippen molar-refractivity contribution >= 4 is 25.3 Å². The lowest BCUT2D eigenvalue weighted by Gasteiger charge is -2.06. The average Bonchev–Trinajstić information content (AvgIpc) is 2.69. The minimum atomic E-state index is -3.64. The van der Waals surface area contributed by atoms with Crippen LogP contribution in [0.5, 0.6) is 0 Å². The molecule has 2 rings (SSSR count). The van der Waals surface area contributed by atoms with E-state index in [0.29, 0.717) is 0 Å². The lowest BCUT2D eigenvalue weighted by Crippen LogP contribution is -1.96. The predicted molar refractivity (Wildman–Crippen MR) is 61.3 cm³/mol. The highest BCUT2D eigenvalue weighted by Gasteiger charge is 2.18. The first kappa shape index (κ1) is 10.7. The molecule has 0 amide bonds. The van der Waals surface area contributed by atoms with Crippen LogP contribution in [0.15, 0.2) is 35.2 Å². The Hall–Kier alpha value is -0.800. The molecule has 2 nitrogen and oxygen atoms in total. The molecule has 1 aliphatic carbocycles. The zero-order chi connectivity index (χ0) is 10.9. The Morgan fingerprint density at radius 3 is 2.53 bits per heavy atom. The summed E-state index contributed by atoms with van der Waals surface area (Å²) in [6, 6.07) is 6.89. The number of benzene rings is 1. The molecule has 0 aromatic heterocycles. The molecule has 0 atom stereocenters. The summed E-state index contributed by atoms with van der Waals surface area (Å²) in [7, 11) is 1.75. The fourth-order valence-corrected chi connectivity index (χ4v) is 2.97. The monoisotopic (exact) mass is 242 g/mol. The summed E-state index contributed by atoms with van der Waals surface area (Å²) in [5, 5.41) is 0. The SMILES string of the molecule is O=S(=O)(Cl)c1ccccc1C1=CCCC1. The predicted octanol–water partition coefficient (Wildman–Crippen LogP) is 3.18. The van der Waals surface area contributed by atoms with Crippen molar-refractivity contribution in [3.05, 3.63) is 35.9 Å². The van der Waals surface area contributed by atoms with Crippen LogP contribution in [0.25, 0.3) is 5.57 Å². The third-order valence-corrected chi connectivity index (χ3v) is 3.92. The molecule has 4 heteroatoms. The van der Waals surface area contributed by atoms with Crippen LogP contribution in [0.3, 0.4) is 0 Å². The van der Waals surface area contributed by atoms with Crippen molar-refractivity contribution in [3.8, 4) is 0 Å². The second-order valence-corrected chi connectivity index (χ2v) is 6.09. The second kappa shape index (κ2) is 3.99. The Balaban J connectivity index is 2.56. The molecule has 1 aliphatic rings. The first-order valence-corrected chi connectivity index (χ1v) is 7.13. The van der Waals surface area contributed by atoms with Gasteiger partial charge in [0.05, 0.1) is 4.90 Å². The van der Waals surface area contributed by atoms with Gasteiger partial charge in [-0.1, -0.05) is 24.3 Å². The topological polar surface area (TPSA) is 34.1 Å². The summed E-state index contributed by atoms with van der Waals surface area (Å²) in [6.07, 6.45) is 5.13. The van der Waals surface area contributed by atoms with Crippen molar-refractivity contribution in [2.24, 2.45) is 0 Å². The van der Waals surface area contributed by atoms with E-state index in [1.165, 1.54) is 0 Å². The van der Waals surface area contributed by atoms with Gasteiger partial charge in [-0.15, -0.1) is 0 Å². The lowest BCUT2D eigenvalue weighted by molar-refractivity contribution is 0.609. The molecular formula is C11H11ClO2S. The van der Waals surface area contributed by atoms with Crippen molar-refractivity contribution < 1.29 is 8.42 Å². The van der Waals surface area contributed by atoms with Crippen molar-refractivity contribution in [2.45, 2.75) is 24.2 Å². The minimum absolute atomic E-state index is 0.222. The maximum absolute atomic E-state index is 11.3. The van der Waals surface area contributed by atoms with E-state index < -0.39 is 9.05 Å². The molecule has 0 radical (unpaired) electrons. The third kappa shape index (κ3) is 2.24. The highest BCUT2D eigenvalue weighted by molar-refractivity contribution is 8.13. The van der Waals surface area contributed by atoms with Gasteiger partial charge in [0.15, 0.2) is 0 Å². The number of hydrogen-bond donors (Lipinski definition) is 0. The van der Waals surface area contributed by atoms with E-state index in [2.05, 4.69) is 6.08 Å². The van der Waals surface area contributed by atoms with Gasteiger partial charge in [0.2, 0.25) is 0 Å². The van der Waals surface area contributed by atoms with E-state index in [4.69, 9.17) is 10.7 Å². The smallest absolute Gasteiger partial charge is 0.207 e. The fourth-order valence-electron chi connectivity index (χ4n) is 1.86. The van der Waals surface area contributed by atoms with Gasteiger partial charge in [-0.2, -0.15) is 0 Å². The van der Waals surface area contributed by atoms with Gasteiger partial charge in [0.1, 0.15) is 0 Å². The quantitative estimate of drug-likeness (QED) is 0.747. The van der Waals surface area contributed by atoms with Gasteiger partial charge in [-0.3, -0.25) is 0 Å². The van der Waals surface area contributed by atoms with Gasteiger partial charge in [0, 0.05) is 10.7 Å². The van der Waals surface area contributed by atoms with Crippen LogP contribution in [0.4, 0.5) is 0 Å². The van der Waals surface area contributed by atoms with Crippen molar-refractivity contribution in [3.63, 3.8) is 0 Å². The van der Waals surface area contributed by atoms with Crippen LogP contribution in [-0.4, -0.2) is 8.42 Å². The number of rotatable bonds is 2. The summed E-state index contributed by atoms with van der Waals surface area (Å²) in [5.74, 6) is 0. The summed E-state index contributed by atoms with van der Waals surface area (Å²) in [5.41, 5.74) is 1.85. The molecule has 15 heavy (non-hydrogen) atoms. The Labute approximate surface area is 94.0 Å². The number of allylic oxidation sites excluding steroid dienone is 2. The van der Waals surface area contributed by atoms with Crippen molar-refractivity contribution in [1.82, 2.24) is 0 Å². The molecular weight excluding hydrogens is 232 g/mol. The molecule has 0 aliphatic heterocycles. The van der Waals surface area contributed by atoms with Gasteiger partial charge in [-0.25, -0.2) is 8.42 Å². The standard InChI is InChI=1S/C11H11ClO2S/c12-15(13,14)11-8-4-3-7-10(11)9-5-1-2-6-9/h3-5,7-8H,1-2,6H2. The van der Waals surface area contributed by atoms with Gasteiger partial charge >= 0.3 is 0 Å². The van der Waals surface area contributed by atoms with Crippen LogP contribution in [0.2, 0.25) is 0 Å². The van der Waals surface area contributed by atoms with E-state index in [1.807, 2.05) is 12.1 Å². The van der Waals surface area contributed by atoms with E-state index in [1.54, 1.807) is 12.1 Å². The zero-order valence-corrected chi connectivity index (χ0v) is 9.68. The van der Waals surface area contributed by atoms with Gasteiger partial charge in [-0.05, 0) is 36.5 Å². The molecule has 80 valence electrons. The first-order chi connectivity index (χ1) is 7.09. The summed E-state index contributed by atoms with van der Waals surface area (Å²) in [6.45, 7) is 0. The molecule has 0 saturated carbocycles. The number of hydrogen-bond acceptors (Lipinski definition) is 2. The molecule has 0 fully saturated rings. The van der Waals surface area contributed by atoms with E-state index in [9.17, 15) is 8.42 Å². The molecule has 0 heterocycles. The lowest BCUT2D eigenvalue weighted by atomic mass is 10.1. The zero-order valence-electron chi connectivity index (χ0n) is 8.11. The molecule has 1 aromatic carbocycles. The Kier molecular flexibility index (Phi) is 2.85. The van der Waals surface area contributed by atoms with Crippen molar-refractivity contribution in [1.29, 1.82) is 0 Å². The molecule has 0 saturated heterocycles. The summed E-state index contributed by atoms with van der Waals surface area (Å²) < 4.78 is 22.7. The van der Waals surface area contributed by atoms with E-state index >= 15 is 0 Å². The first-order valence-electron chi connectivity index (χ1n) is 4.82.